The van der Waals surface area contributed by atoms with Gasteiger partial charge in [-0.15, -0.1) is 0 Å². The zero-order valence-corrected chi connectivity index (χ0v) is 11.1. The van der Waals surface area contributed by atoms with Gasteiger partial charge in [-0.05, 0) is 25.1 Å². The number of hydrogen-bond acceptors (Lipinski definition) is 4. The molecule has 2 rings (SSSR count). The zero-order valence-electron chi connectivity index (χ0n) is 11.1. The molecule has 5 heteroatoms. The van der Waals surface area contributed by atoms with Gasteiger partial charge in [-0.2, -0.15) is 5.26 Å². The molecule has 0 radical (unpaired) electrons. The minimum atomic E-state index is -0.393. The highest BCUT2D eigenvalue weighted by Crippen LogP contribution is 2.15. The first kappa shape index (κ1) is 13.8. The van der Waals surface area contributed by atoms with Crippen LogP contribution in [0.15, 0.2) is 36.5 Å². The SMILES string of the molecule is CCOc1ccc(NCc2ccc(C#N)cc2F)cn1. The van der Waals surface area contributed by atoms with Crippen molar-refractivity contribution in [2.24, 2.45) is 0 Å². The molecule has 0 saturated carbocycles. The molecule has 0 spiro atoms. The van der Waals surface area contributed by atoms with Gasteiger partial charge in [0.05, 0.1) is 30.1 Å². The van der Waals surface area contributed by atoms with Crippen LogP contribution in [0.5, 0.6) is 5.88 Å². The molecule has 1 N–H and O–H groups in total. The van der Waals surface area contributed by atoms with Gasteiger partial charge < -0.3 is 10.1 Å². The summed E-state index contributed by atoms with van der Waals surface area (Å²) in [5.41, 5.74) is 1.59. The molecular formula is C15H14FN3O. The van der Waals surface area contributed by atoms with E-state index in [0.717, 1.165) is 5.69 Å². The summed E-state index contributed by atoms with van der Waals surface area (Å²) >= 11 is 0. The van der Waals surface area contributed by atoms with Gasteiger partial charge in [-0.25, -0.2) is 9.37 Å². The van der Waals surface area contributed by atoms with Gasteiger partial charge >= 0.3 is 0 Å². The number of rotatable bonds is 5. The van der Waals surface area contributed by atoms with E-state index < -0.39 is 5.82 Å². The predicted octanol–water partition coefficient (Wildman–Crippen LogP) is 3.10. The molecule has 0 fully saturated rings. The Hall–Kier alpha value is -2.61. The number of hydrogen-bond donors (Lipinski definition) is 1. The third-order valence-electron chi connectivity index (χ3n) is 2.69. The van der Waals surface area contributed by atoms with E-state index in [1.165, 1.54) is 6.07 Å². The Labute approximate surface area is 116 Å². The summed E-state index contributed by atoms with van der Waals surface area (Å²) in [6.45, 7) is 2.78. The molecule has 0 aliphatic heterocycles. The quantitative estimate of drug-likeness (QED) is 0.907. The Morgan fingerprint density at radius 2 is 2.20 bits per heavy atom. The molecule has 102 valence electrons. The molecule has 1 aromatic heterocycles. The van der Waals surface area contributed by atoms with Crippen LogP contribution in [0, 0.1) is 17.1 Å². The molecule has 0 aliphatic rings. The Bertz CT molecular complexity index is 620. The summed E-state index contributed by atoms with van der Waals surface area (Å²) in [6, 6.07) is 9.90. The van der Waals surface area contributed by atoms with E-state index in [1.54, 1.807) is 24.4 Å². The molecular weight excluding hydrogens is 257 g/mol. The molecule has 0 amide bonds. The maximum Gasteiger partial charge on any atom is 0.213 e. The lowest BCUT2D eigenvalue weighted by Crippen LogP contribution is -2.03. The maximum atomic E-state index is 13.7. The summed E-state index contributed by atoms with van der Waals surface area (Å²) < 4.78 is 18.9. The Kier molecular flexibility index (Phi) is 4.51. The van der Waals surface area contributed by atoms with Crippen LogP contribution in [0.25, 0.3) is 0 Å². The zero-order chi connectivity index (χ0) is 14.4. The summed E-state index contributed by atoms with van der Waals surface area (Å²) in [5, 5.41) is 11.7. The van der Waals surface area contributed by atoms with Gasteiger partial charge in [-0.1, -0.05) is 6.07 Å². The highest BCUT2D eigenvalue weighted by molar-refractivity contribution is 5.43. The highest BCUT2D eigenvalue weighted by Gasteiger charge is 2.04. The molecule has 0 bridgehead atoms. The minimum Gasteiger partial charge on any atom is -0.478 e. The Balaban J connectivity index is 2.00. The van der Waals surface area contributed by atoms with Crippen molar-refractivity contribution in [1.82, 2.24) is 4.98 Å². The van der Waals surface area contributed by atoms with Crippen LogP contribution in [-0.4, -0.2) is 11.6 Å². The van der Waals surface area contributed by atoms with Crippen LogP contribution >= 0.6 is 0 Å². The second kappa shape index (κ2) is 6.53. The average Bonchev–Trinajstić information content (AvgIpc) is 2.48. The standard InChI is InChI=1S/C15H14FN3O/c1-2-20-15-6-5-13(10-19-15)18-9-12-4-3-11(8-17)7-14(12)16/h3-7,10,18H,2,9H2,1H3. The molecule has 0 aliphatic carbocycles. The number of ether oxygens (including phenoxy) is 1. The normalized spacial score (nSPS) is 9.85. The number of nitrogens with one attached hydrogen (secondary N) is 1. The van der Waals surface area contributed by atoms with Crippen molar-refractivity contribution in [3.05, 3.63) is 53.5 Å². The van der Waals surface area contributed by atoms with E-state index in [-0.39, 0.29) is 0 Å². The maximum absolute atomic E-state index is 13.7. The number of anilines is 1. The fraction of sp³-hybridized carbons (Fsp3) is 0.200. The number of aromatic nitrogens is 1. The third-order valence-corrected chi connectivity index (χ3v) is 2.69. The smallest absolute Gasteiger partial charge is 0.213 e. The molecule has 4 nitrogen and oxygen atoms in total. The second-order valence-corrected chi connectivity index (χ2v) is 4.09. The number of nitriles is 1. The second-order valence-electron chi connectivity index (χ2n) is 4.09. The number of pyridine rings is 1. The number of benzene rings is 1. The van der Waals surface area contributed by atoms with E-state index in [9.17, 15) is 4.39 Å². The van der Waals surface area contributed by atoms with E-state index in [2.05, 4.69) is 10.3 Å². The van der Waals surface area contributed by atoms with Gasteiger partial charge in [0.1, 0.15) is 5.82 Å². The van der Waals surface area contributed by atoms with Crippen LogP contribution in [0.4, 0.5) is 10.1 Å². The van der Waals surface area contributed by atoms with E-state index in [0.29, 0.717) is 30.2 Å². The summed E-state index contributed by atoms with van der Waals surface area (Å²) in [7, 11) is 0. The molecule has 20 heavy (non-hydrogen) atoms. The summed E-state index contributed by atoms with van der Waals surface area (Å²) in [5.74, 6) is 0.165. The van der Waals surface area contributed by atoms with E-state index >= 15 is 0 Å². The molecule has 1 aromatic carbocycles. The third kappa shape index (κ3) is 3.45. The van der Waals surface area contributed by atoms with Crippen LogP contribution in [0.3, 0.4) is 0 Å². The lowest BCUT2D eigenvalue weighted by molar-refractivity contribution is 0.327. The average molecular weight is 271 g/mol. The van der Waals surface area contributed by atoms with Crippen LogP contribution in [-0.2, 0) is 6.54 Å². The van der Waals surface area contributed by atoms with Gasteiger partial charge in [0.2, 0.25) is 5.88 Å². The van der Waals surface area contributed by atoms with Crippen molar-refractivity contribution in [2.45, 2.75) is 13.5 Å². The first-order chi connectivity index (χ1) is 9.72. The summed E-state index contributed by atoms with van der Waals surface area (Å²) in [4.78, 5) is 4.11. The predicted molar refractivity (Wildman–Crippen MR) is 73.8 cm³/mol. The fourth-order valence-electron chi connectivity index (χ4n) is 1.68. The van der Waals surface area contributed by atoms with Crippen molar-refractivity contribution in [1.29, 1.82) is 5.26 Å². The van der Waals surface area contributed by atoms with Crippen LogP contribution in [0.1, 0.15) is 18.1 Å². The van der Waals surface area contributed by atoms with Crippen molar-refractivity contribution < 1.29 is 9.13 Å². The van der Waals surface area contributed by atoms with Crippen molar-refractivity contribution in [3.8, 4) is 11.9 Å². The van der Waals surface area contributed by atoms with Gasteiger partial charge in [0.25, 0.3) is 0 Å². The molecule has 0 atom stereocenters. The fourth-order valence-corrected chi connectivity index (χ4v) is 1.68. The number of halogens is 1. The Morgan fingerprint density at radius 1 is 1.35 bits per heavy atom. The van der Waals surface area contributed by atoms with Gasteiger partial charge in [0.15, 0.2) is 0 Å². The molecule has 0 unspecified atom stereocenters. The first-order valence-electron chi connectivity index (χ1n) is 6.24. The minimum absolute atomic E-state index is 0.314. The van der Waals surface area contributed by atoms with Crippen molar-refractivity contribution in [3.63, 3.8) is 0 Å². The van der Waals surface area contributed by atoms with Crippen molar-refractivity contribution >= 4 is 5.69 Å². The highest BCUT2D eigenvalue weighted by atomic mass is 19.1. The van der Waals surface area contributed by atoms with Crippen LogP contribution in [0.2, 0.25) is 0 Å². The molecule has 1 heterocycles. The lowest BCUT2D eigenvalue weighted by atomic mass is 10.1. The number of nitrogens with zero attached hydrogens (tertiary/aromatic N) is 2. The van der Waals surface area contributed by atoms with Crippen LogP contribution < -0.4 is 10.1 Å². The molecule has 0 saturated heterocycles. The van der Waals surface area contributed by atoms with Crippen molar-refractivity contribution in [2.75, 3.05) is 11.9 Å². The largest absolute Gasteiger partial charge is 0.478 e. The molecule has 2 aromatic rings. The van der Waals surface area contributed by atoms with E-state index in [4.69, 9.17) is 10.00 Å². The topological polar surface area (TPSA) is 57.9 Å². The monoisotopic (exact) mass is 271 g/mol. The Morgan fingerprint density at radius 3 is 2.80 bits per heavy atom. The van der Waals surface area contributed by atoms with E-state index in [1.807, 2.05) is 19.1 Å². The lowest BCUT2D eigenvalue weighted by Gasteiger charge is -2.08. The first-order valence-corrected chi connectivity index (χ1v) is 6.24. The van der Waals surface area contributed by atoms with Gasteiger partial charge in [0, 0.05) is 18.2 Å². The van der Waals surface area contributed by atoms with Gasteiger partial charge in [-0.3, -0.25) is 0 Å². The summed E-state index contributed by atoms with van der Waals surface area (Å²) in [6.07, 6.45) is 1.63.